The van der Waals surface area contributed by atoms with Gasteiger partial charge in [0.05, 0.1) is 19.8 Å². The number of hydrogen-bond acceptors (Lipinski definition) is 10. The monoisotopic (exact) mass is 842 g/mol. The fraction of sp³-hybridized carbons (Fsp3) is 0.867. The summed E-state index contributed by atoms with van der Waals surface area (Å²) >= 11 is 0. The molecule has 5 atom stereocenters. The molecule has 1 aromatic heterocycles. The SMILES string of the molecule is C=C1[C@H](n2ccc(N)nc2=O)O[C@H](COP(=O)(O)OC[C@@H](COCCCCCCCCCCCCCCCC)OCCCCCCCCCCCCCCCC)[C@H]1O. The zero-order valence-corrected chi connectivity index (χ0v) is 37.6. The van der Waals surface area contributed by atoms with Crippen LogP contribution in [0.1, 0.15) is 200 Å². The summed E-state index contributed by atoms with van der Waals surface area (Å²) < 4.78 is 42.5. The van der Waals surface area contributed by atoms with Gasteiger partial charge in [-0.2, -0.15) is 4.98 Å². The number of anilines is 1. The highest BCUT2D eigenvalue weighted by atomic mass is 31.2. The second-order valence-corrected chi connectivity index (χ2v) is 17.9. The number of phosphoric ester groups is 1. The number of aliphatic hydroxyl groups excluding tert-OH is 1. The van der Waals surface area contributed by atoms with E-state index in [-0.39, 0.29) is 24.6 Å². The Kier molecular flexibility index (Phi) is 30.8. The molecule has 1 aromatic rings. The molecule has 2 rings (SSSR count). The van der Waals surface area contributed by atoms with E-state index in [4.69, 9.17) is 29.0 Å². The van der Waals surface area contributed by atoms with Crippen LogP contribution in [0.15, 0.2) is 29.2 Å². The van der Waals surface area contributed by atoms with Crippen LogP contribution in [0.3, 0.4) is 0 Å². The molecule has 1 saturated heterocycles. The Hall–Kier alpha value is -1.63. The number of unbranched alkanes of at least 4 members (excludes halogenated alkanes) is 26. The Labute approximate surface area is 352 Å². The van der Waals surface area contributed by atoms with Crippen molar-refractivity contribution in [2.75, 3.05) is 38.8 Å². The van der Waals surface area contributed by atoms with E-state index in [0.717, 1.165) is 30.3 Å². The van der Waals surface area contributed by atoms with Crippen LogP contribution in [0.4, 0.5) is 5.82 Å². The maximum absolute atomic E-state index is 12.9. The number of nitrogens with zero attached hydrogens (tertiary/aromatic N) is 2. The highest BCUT2D eigenvalue weighted by molar-refractivity contribution is 7.47. The van der Waals surface area contributed by atoms with Crippen LogP contribution in [-0.4, -0.2) is 70.9 Å². The third-order valence-corrected chi connectivity index (χ3v) is 12.0. The maximum atomic E-state index is 12.9. The minimum Gasteiger partial charge on any atom is -0.386 e. The van der Waals surface area contributed by atoms with E-state index in [2.05, 4.69) is 25.4 Å². The molecule has 13 heteroatoms. The summed E-state index contributed by atoms with van der Waals surface area (Å²) in [5, 5.41) is 10.7. The quantitative estimate of drug-likeness (QED) is 0.0327. The minimum atomic E-state index is -4.56. The van der Waals surface area contributed by atoms with Crippen molar-refractivity contribution in [3.63, 3.8) is 0 Å². The van der Waals surface area contributed by atoms with E-state index in [1.54, 1.807) is 0 Å². The van der Waals surface area contributed by atoms with Crippen molar-refractivity contribution < 1.29 is 37.8 Å². The zero-order valence-electron chi connectivity index (χ0n) is 36.7. The van der Waals surface area contributed by atoms with Crippen molar-refractivity contribution in [2.45, 2.75) is 218 Å². The molecule has 12 nitrogen and oxygen atoms in total. The standard InChI is InChI=1S/C45H84N3O9P/c1-4-6-8-10-12-14-16-18-20-22-24-26-28-30-34-53-36-40(54-35-31-29-27-25-23-21-19-17-15-13-11-9-7-5-2)37-55-58(51,52)56-38-41-43(49)39(3)44(57-41)48-33-32-42(46)47-45(48)50/h32-33,40-41,43-44,49H,3-31,34-38H2,1-2H3,(H,51,52)(H2,46,47,50)/t40-,41-,43+,44-/m1/s1. The Morgan fingerprint density at radius 1 is 0.741 bits per heavy atom. The number of aromatic nitrogens is 2. The lowest BCUT2D eigenvalue weighted by Crippen LogP contribution is -2.29. The molecule has 338 valence electrons. The van der Waals surface area contributed by atoms with Gasteiger partial charge in [0.25, 0.3) is 0 Å². The second-order valence-electron chi connectivity index (χ2n) is 16.4. The smallest absolute Gasteiger partial charge is 0.386 e. The lowest BCUT2D eigenvalue weighted by Gasteiger charge is -2.21. The molecule has 0 radical (unpaired) electrons. The van der Waals surface area contributed by atoms with Crippen LogP contribution in [0, 0.1) is 0 Å². The summed E-state index contributed by atoms with van der Waals surface area (Å²) in [5.74, 6) is 0.0470. The van der Waals surface area contributed by atoms with Gasteiger partial charge in [0, 0.05) is 25.0 Å². The number of hydrogen-bond donors (Lipinski definition) is 3. The first-order valence-electron chi connectivity index (χ1n) is 23.4. The average molecular weight is 842 g/mol. The summed E-state index contributed by atoms with van der Waals surface area (Å²) in [6, 6.07) is 1.42. The van der Waals surface area contributed by atoms with Gasteiger partial charge in [-0.3, -0.25) is 13.6 Å². The van der Waals surface area contributed by atoms with Crippen molar-refractivity contribution in [1.82, 2.24) is 9.55 Å². The minimum absolute atomic E-state index is 0.0470. The fourth-order valence-electron chi connectivity index (χ4n) is 7.38. The molecular weight excluding hydrogens is 757 g/mol. The second kappa shape index (κ2) is 34.0. The summed E-state index contributed by atoms with van der Waals surface area (Å²) in [7, 11) is -4.56. The Bertz CT molecular complexity index is 1270. The van der Waals surface area contributed by atoms with Crippen LogP contribution in [0.2, 0.25) is 0 Å². The Morgan fingerprint density at radius 3 is 1.66 bits per heavy atom. The van der Waals surface area contributed by atoms with Crippen molar-refractivity contribution >= 4 is 13.6 Å². The van der Waals surface area contributed by atoms with Crippen LogP contribution in [0.25, 0.3) is 0 Å². The highest BCUT2D eigenvalue weighted by Crippen LogP contribution is 2.45. The number of ether oxygens (including phenoxy) is 3. The predicted octanol–water partition coefficient (Wildman–Crippen LogP) is 11.1. The lowest BCUT2D eigenvalue weighted by molar-refractivity contribution is -0.0566. The molecule has 1 aliphatic rings. The number of nitrogen functional groups attached to an aromatic ring is 1. The molecule has 2 heterocycles. The van der Waals surface area contributed by atoms with E-state index in [9.17, 15) is 19.4 Å². The van der Waals surface area contributed by atoms with E-state index < -0.39 is 44.7 Å². The molecule has 0 aromatic carbocycles. The van der Waals surface area contributed by atoms with Gasteiger partial charge in [-0.05, 0) is 18.9 Å². The van der Waals surface area contributed by atoms with Gasteiger partial charge >= 0.3 is 13.5 Å². The molecule has 0 bridgehead atoms. The van der Waals surface area contributed by atoms with Gasteiger partial charge in [0.1, 0.15) is 24.1 Å². The number of rotatable bonds is 40. The first-order valence-corrected chi connectivity index (χ1v) is 24.9. The van der Waals surface area contributed by atoms with Crippen LogP contribution in [-0.2, 0) is 27.8 Å². The van der Waals surface area contributed by atoms with Crippen LogP contribution < -0.4 is 11.4 Å². The van der Waals surface area contributed by atoms with E-state index in [1.807, 2.05) is 0 Å². The van der Waals surface area contributed by atoms with Crippen LogP contribution >= 0.6 is 7.82 Å². The highest BCUT2D eigenvalue weighted by Gasteiger charge is 2.41. The van der Waals surface area contributed by atoms with Gasteiger partial charge in [-0.1, -0.05) is 187 Å². The predicted molar refractivity (Wildman–Crippen MR) is 235 cm³/mol. The molecule has 1 unspecified atom stereocenters. The fourth-order valence-corrected chi connectivity index (χ4v) is 8.14. The maximum Gasteiger partial charge on any atom is 0.472 e. The summed E-state index contributed by atoms with van der Waals surface area (Å²) in [6.45, 7) is 9.04. The normalized spacial score (nSPS) is 18.6. The van der Waals surface area contributed by atoms with Crippen molar-refractivity contribution in [3.05, 3.63) is 34.9 Å². The van der Waals surface area contributed by atoms with E-state index >= 15 is 0 Å². The third kappa shape index (κ3) is 25.2. The zero-order chi connectivity index (χ0) is 42.1. The van der Waals surface area contributed by atoms with Crippen molar-refractivity contribution in [1.29, 1.82) is 0 Å². The van der Waals surface area contributed by atoms with Crippen LogP contribution in [0.5, 0.6) is 0 Å². The van der Waals surface area contributed by atoms with Gasteiger partial charge in [-0.15, -0.1) is 0 Å². The average Bonchev–Trinajstić information content (AvgIpc) is 3.48. The third-order valence-electron chi connectivity index (χ3n) is 11.1. The van der Waals surface area contributed by atoms with Gasteiger partial charge in [0.2, 0.25) is 0 Å². The molecule has 1 aliphatic heterocycles. The van der Waals surface area contributed by atoms with Gasteiger partial charge in [0.15, 0.2) is 6.23 Å². The summed E-state index contributed by atoms with van der Waals surface area (Å²) in [4.78, 5) is 26.5. The van der Waals surface area contributed by atoms with Crippen molar-refractivity contribution in [3.8, 4) is 0 Å². The number of nitrogens with two attached hydrogens (primary N) is 1. The number of aliphatic hydroxyl groups is 1. The molecular formula is C45H84N3O9P. The first-order chi connectivity index (χ1) is 28.2. The molecule has 0 aliphatic carbocycles. The van der Waals surface area contributed by atoms with E-state index in [1.165, 1.54) is 166 Å². The van der Waals surface area contributed by atoms with Gasteiger partial charge < -0.3 is 29.9 Å². The molecule has 1 fully saturated rings. The molecule has 0 amide bonds. The first kappa shape index (κ1) is 52.5. The number of phosphoric acid groups is 1. The summed E-state index contributed by atoms with van der Waals surface area (Å²) in [5.41, 5.74) is 5.09. The Balaban J connectivity index is 1.68. The Morgan fingerprint density at radius 2 is 1.19 bits per heavy atom. The van der Waals surface area contributed by atoms with Gasteiger partial charge in [-0.25, -0.2) is 9.36 Å². The topological polar surface area (TPSA) is 165 Å². The van der Waals surface area contributed by atoms with E-state index in [0.29, 0.717) is 13.2 Å². The van der Waals surface area contributed by atoms with Crippen molar-refractivity contribution in [2.24, 2.45) is 0 Å². The lowest BCUT2D eigenvalue weighted by atomic mass is 10.0. The molecule has 0 saturated carbocycles. The molecule has 0 spiro atoms. The summed E-state index contributed by atoms with van der Waals surface area (Å²) in [6.07, 6.45) is 33.4. The largest absolute Gasteiger partial charge is 0.472 e. The molecule has 4 N–H and O–H groups in total. The molecule has 58 heavy (non-hydrogen) atoms.